The molecule has 2 aromatic heterocycles. The van der Waals surface area contributed by atoms with Crippen molar-refractivity contribution in [3.8, 4) is 11.1 Å². The van der Waals surface area contributed by atoms with Crippen LogP contribution in [0.5, 0.6) is 0 Å². The molecule has 214 valence electrons. The van der Waals surface area contributed by atoms with Crippen molar-refractivity contribution in [2.75, 3.05) is 27.4 Å². The highest BCUT2D eigenvalue weighted by Gasteiger charge is 2.54. The molecular formula is C30H31F2N5O4. The molecule has 0 bridgehead atoms. The minimum atomic E-state index is -0.807. The summed E-state index contributed by atoms with van der Waals surface area (Å²) in [5, 5.41) is 7.61. The second-order valence-electron chi connectivity index (χ2n) is 10.2. The zero-order chi connectivity index (χ0) is 29.1. The maximum absolute atomic E-state index is 14.3. The van der Waals surface area contributed by atoms with E-state index >= 15 is 0 Å². The van der Waals surface area contributed by atoms with Gasteiger partial charge in [-0.2, -0.15) is 5.10 Å². The van der Waals surface area contributed by atoms with Gasteiger partial charge in [0.15, 0.2) is 0 Å². The van der Waals surface area contributed by atoms with Gasteiger partial charge in [0.1, 0.15) is 11.6 Å². The third kappa shape index (κ3) is 5.48. The van der Waals surface area contributed by atoms with Gasteiger partial charge in [-0.05, 0) is 48.7 Å². The topological polar surface area (TPSA) is 123 Å². The molecule has 1 aliphatic rings. The van der Waals surface area contributed by atoms with Crippen LogP contribution in [0.2, 0.25) is 0 Å². The SMILES string of the molecule is COCC(COC)N(Cc1ccc(-c2c(F)cccc2F)cn1)C(=O)C1(c2ccc3c(=O)[nH]nc(CN)c3c2)CC1. The molecule has 0 atom stereocenters. The molecule has 0 unspecified atom stereocenters. The van der Waals surface area contributed by atoms with Crippen molar-refractivity contribution < 1.29 is 23.0 Å². The molecule has 41 heavy (non-hydrogen) atoms. The molecule has 1 amide bonds. The summed E-state index contributed by atoms with van der Waals surface area (Å²) in [6, 6.07) is 11.8. The van der Waals surface area contributed by atoms with Gasteiger partial charge in [-0.3, -0.25) is 14.6 Å². The number of ether oxygens (including phenoxy) is 2. The van der Waals surface area contributed by atoms with Crippen LogP contribution in [0.3, 0.4) is 0 Å². The lowest BCUT2D eigenvalue weighted by Crippen LogP contribution is -2.49. The summed E-state index contributed by atoms with van der Waals surface area (Å²) >= 11 is 0. The first-order valence-electron chi connectivity index (χ1n) is 13.2. The molecule has 5 rings (SSSR count). The summed E-state index contributed by atoms with van der Waals surface area (Å²) in [6.07, 6.45) is 2.64. The highest BCUT2D eigenvalue weighted by atomic mass is 19.1. The average Bonchev–Trinajstić information content (AvgIpc) is 3.79. The number of amides is 1. The Bertz CT molecular complexity index is 1600. The maximum atomic E-state index is 14.3. The van der Waals surface area contributed by atoms with Gasteiger partial charge >= 0.3 is 0 Å². The Morgan fingerprint density at radius 1 is 1.07 bits per heavy atom. The molecule has 4 aromatic rings. The Kier molecular flexibility index (Phi) is 8.20. The average molecular weight is 564 g/mol. The van der Waals surface area contributed by atoms with E-state index in [1.54, 1.807) is 43.4 Å². The molecule has 1 fully saturated rings. The molecular weight excluding hydrogens is 532 g/mol. The number of fused-ring (bicyclic) bond motifs is 1. The summed E-state index contributed by atoms with van der Waals surface area (Å²) in [6.45, 7) is 0.706. The van der Waals surface area contributed by atoms with Gasteiger partial charge in [0.25, 0.3) is 5.56 Å². The number of nitrogens with zero attached hydrogens (tertiary/aromatic N) is 3. The summed E-state index contributed by atoms with van der Waals surface area (Å²) in [5.41, 5.74) is 6.71. The van der Waals surface area contributed by atoms with Crippen LogP contribution in [0.25, 0.3) is 21.9 Å². The first-order chi connectivity index (χ1) is 19.8. The van der Waals surface area contributed by atoms with E-state index in [0.717, 1.165) is 5.56 Å². The first-order valence-corrected chi connectivity index (χ1v) is 13.2. The van der Waals surface area contributed by atoms with E-state index < -0.39 is 23.1 Å². The summed E-state index contributed by atoms with van der Waals surface area (Å²) in [5.74, 6) is -1.50. The standard InChI is InChI=1S/C30H31F2N5O4/c1-40-16-21(17-41-2)37(15-20-8-6-18(14-34-20)27-24(31)4-3-5-25(27)32)29(39)30(10-11-30)19-7-9-22-23(12-19)26(13-33)35-36-28(22)38/h3-9,12,14,21H,10-11,13,15-17,33H2,1-2H3,(H,36,38). The van der Waals surface area contributed by atoms with Gasteiger partial charge in [-0.25, -0.2) is 13.9 Å². The molecule has 0 saturated heterocycles. The van der Waals surface area contributed by atoms with Crippen molar-refractivity contribution in [2.24, 2.45) is 5.73 Å². The molecule has 1 saturated carbocycles. The van der Waals surface area contributed by atoms with E-state index in [9.17, 15) is 18.4 Å². The lowest BCUT2D eigenvalue weighted by atomic mass is 9.91. The quantitative estimate of drug-likeness (QED) is 0.287. The Hall–Kier alpha value is -4.06. The number of H-pyrrole nitrogens is 1. The number of methoxy groups -OCH3 is 2. The molecule has 9 nitrogen and oxygen atoms in total. The smallest absolute Gasteiger partial charge is 0.272 e. The number of hydrogen-bond donors (Lipinski definition) is 2. The van der Waals surface area contributed by atoms with Crippen LogP contribution in [0, 0.1) is 11.6 Å². The third-order valence-corrected chi connectivity index (χ3v) is 7.60. The van der Waals surface area contributed by atoms with Crippen molar-refractivity contribution >= 4 is 16.7 Å². The van der Waals surface area contributed by atoms with Crippen molar-refractivity contribution in [1.82, 2.24) is 20.1 Å². The monoisotopic (exact) mass is 563 g/mol. The minimum Gasteiger partial charge on any atom is -0.382 e. The summed E-state index contributed by atoms with van der Waals surface area (Å²) in [4.78, 5) is 32.8. The number of rotatable bonds is 11. The number of aromatic nitrogens is 3. The van der Waals surface area contributed by atoms with Crippen molar-refractivity contribution in [3.05, 3.63) is 93.7 Å². The number of hydrogen-bond acceptors (Lipinski definition) is 7. The van der Waals surface area contributed by atoms with Crippen LogP contribution in [0.15, 0.2) is 59.5 Å². The lowest BCUT2D eigenvalue weighted by Gasteiger charge is -2.34. The molecule has 1 aliphatic carbocycles. The zero-order valence-corrected chi connectivity index (χ0v) is 22.8. The predicted molar refractivity (Wildman–Crippen MR) is 149 cm³/mol. The molecule has 0 radical (unpaired) electrons. The Morgan fingerprint density at radius 3 is 2.37 bits per heavy atom. The number of carbonyl (C=O) groups excluding carboxylic acids is 1. The van der Waals surface area contributed by atoms with Crippen LogP contribution in [0.1, 0.15) is 29.8 Å². The highest BCUT2D eigenvalue weighted by molar-refractivity contribution is 5.94. The third-order valence-electron chi connectivity index (χ3n) is 7.60. The maximum Gasteiger partial charge on any atom is 0.272 e. The van der Waals surface area contributed by atoms with E-state index in [2.05, 4.69) is 15.2 Å². The van der Waals surface area contributed by atoms with Gasteiger partial charge in [0, 0.05) is 37.9 Å². The Labute approximate surface area is 235 Å². The zero-order valence-electron chi connectivity index (χ0n) is 22.8. The van der Waals surface area contributed by atoms with E-state index in [4.69, 9.17) is 15.2 Å². The number of nitrogens with two attached hydrogens (primary N) is 1. The fraction of sp³-hybridized carbons (Fsp3) is 0.333. The van der Waals surface area contributed by atoms with Gasteiger partial charge in [0.2, 0.25) is 5.91 Å². The predicted octanol–water partition coefficient (Wildman–Crippen LogP) is 3.44. The van der Waals surface area contributed by atoms with Crippen LogP contribution < -0.4 is 11.3 Å². The first kappa shape index (κ1) is 28.5. The molecule has 11 heteroatoms. The molecule has 0 aliphatic heterocycles. The highest BCUT2D eigenvalue weighted by Crippen LogP contribution is 2.50. The van der Waals surface area contributed by atoms with Crippen LogP contribution >= 0.6 is 0 Å². The second-order valence-corrected chi connectivity index (χ2v) is 10.2. The lowest BCUT2D eigenvalue weighted by molar-refractivity contribution is -0.140. The molecule has 2 heterocycles. The number of aromatic amines is 1. The molecule has 2 aromatic carbocycles. The number of nitrogens with one attached hydrogen (secondary N) is 1. The number of pyridine rings is 1. The minimum absolute atomic E-state index is 0.126. The van der Waals surface area contributed by atoms with Crippen LogP contribution in [-0.2, 0) is 32.8 Å². The second kappa shape index (κ2) is 11.8. The molecule has 0 spiro atoms. The largest absolute Gasteiger partial charge is 0.382 e. The van der Waals surface area contributed by atoms with E-state index in [-0.39, 0.29) is 43.3 Å². The van der Waals surface area contributed by atoms with Gasteiger partial charge < -0.3 is 20.1 Å². The van der Waals surface area contributed by atoms with Crippen molar-refractivity contribution in [1.29, 1.82) is 0 Å². The van der Waals surface area contributed by atoms with E-state index in [1.807, 2.05) is 6.07 Å². The van der Waals surface area contributed by atoms with Crippen molar-refractivity contribution in [2.45, 2.75) is 37.4 Å². The van der Waals surface area contributed by atoms with E-state index in [0.29, 0.717) is 40.6 Å². The molecule has 3 N–H and O–H groups in total. The fourth-order valence-corrected chi connectivity index (χ4v) is 5.29. The summed E-state index contributed by atoms with van der Waals surface area (Å²) < 4.78 is 39.5. The van der Waals surface area contributed by atoms with E-state index in [1.165, 1.54) is 24.4 Å². The number of halogens is 2. The van der Waals surface area contributed by atoms with Gasteiger partial charge in [-0.15, -0.1) is 0 Å². The summed E-state index contributed by atoms with van der Waals surface area (Å²) in [7, 11) is 3.10. The van der Waals surface area contributed by atoms with Crippen molar-refractivity contribution in [3.63, 3.8) is 0 Å². The van der Waals surface area contributed by atoms with Crippen LogP contribution in [0.4, 0.5) is 8.78 Å². The normalized spacial score (nSPS) is 14.0. The van der Waals surface area contributed by atoms with Crippen LogP contribution in [-0.4, -0.2) is 59.5 Å². The van der Waals surface area contributed by atoms with Gasteiger partial charge in [-0.1, -0.05) is 18.2 Å². The van der Waals surface area contributed by atoms with Gasteiger partial charge in [0.05, 0.1) is 53.6 Å². The Balaban J connectivity index is 1.50. The number of benzene rings is 2. The fourth-order valence-electron chi connectivity index (χ4n) is 5.29. The Morgan fingerprint density at radius 2 is 1.78 bits per heavy atom. The number of carbonyl (C=O) groups is 1.